The van der Waals surface area contributed by atoms with Crippen LogP contribution in [0.2, 0.25) is 0 Å². The first-order chi connectivity index (χ1) is 11.2. The van der Waals surface area contributed by atoms with Gasteiger partial charge in [0.15, 0.2) is 0 Å². The van der Waals surface area contributed by atoms with Gasteiger partial charge in [0.25, 0.3) is 0 Å². The van der Waals surface area contributed by atoms with Gasteiger partial charge in [-0.05, 0) is 48.5 Å². The van der Waals surface area contributed by atoms with Gasteiger partial charge in [-0.1, -0.05) is 6.07 Å². The third-order valence-electron chi connectivity index (χ3n) is 3.44. The topological polar surface area (TPSA) is 35.8 Å². The lowest BCUT2D eigenvalue weighted by atomic mass is 10.3. The number of benzene rings is 2. The van der Waals surface area contributed by atoms with E-state index in [4.69, 9.17) is 9.47 Å². The van der Waals surface area contributed by atoms with E-state index in [0.717, 1.165) is 28.6 Å². The van der Waals surface area contributed by atoms with Crippen molar-refractivity contribution < 1.29 is 9.47 Å². The highest BCUT2D eigenvalue weighted by Gasteiger charge is 2.00. The molecule has 0 bridgehead atoms. The van der Waals surface area contributed by atoms with Crippen molar-refractivity contribution >= 4 is 11.9 Å². The normalized spacial score (nSPS) is 10.9. The molecule has 0 amide bonds. The standard InChI is InChI=1S/C19H18N2O2/c1-21-12-4-5-16(21)14-20-15-8-10-17(11-9-15)23-19-7-3-6-18(13-19)22-2/h3-14H,1-2H3. The van der Waals surface area contributed by atoms with Gasteiger partial charge in [-0.3, -0.25) is 4.99 Å². The summed E-state index contributed by atoms with van der Waals surface area (Å²) in [5.74, 6) is 2.27. The molecule has 0 radical (unpaired) electrons. The fourth-order valence-corrected chi connectivity index (χ4v) is 2.15. The largest absolute Gasteiger partial charge is 0.497 e. The summed E-state index contributed by atoms with van der Waals surface area (Å²) < 4.78 is 13.0. The lowest BCUT2D eigenvalue weighted by Crippen LogP contribution is -1.91. The highest BCUT2D eigenvalue weighted by molar-refractivity contribution is 5.80. The van der Waals surface area contributed by atoms with E-state index < -0.39 is 0 Å². The van der Waals surface area contributed by atoms with Gasteiger partial charge in [0.05, 0.1) is 24.7 Å². The van der Waals surface area contributed by atoms with Crippen molar-refractivity contribution in [2.45, 2.75) is 0 Å². The fourth-order valence-electron chi connectivity index (χ4n) is 2.15. The van der Waals surface area contributed by atoms with Crippen molar-refractivity contribution in [3.05, 3.63) is 72.6 Å². The Morgan fingerprint density at radius 2 is 1.70 bits per heavy atom. The Hall–Kier alpha value is -3.01. The molecule has 0 N–H and O–H groups in total. The molecule has 0 aliphatic carbocycles. The molecule has 4 heteroatoms. The van der Waals surface area contributed by atoms with Gasteiger partial charge >= 0.3 is 0 Å². The molecule has 0 saturated heterocycles. The fraction of sp³-hybridized carbons (Fsp3) is 0.105. The molecule has 0 atom stereocenters. The van der Waals surface area contributed by atoms with Crippen LogP contribution >= 0.6 is 0 Å². The first-order valence-electron chi connectivity index (χ1n) is 7.32. The number of hydrogen-bond acceptors (Lipinski definition) is 3. The highest BCUT2D eigenvalue weighted by Crippen LogP contribution is 2.26. The van der Waals surface area contributed by atoms with Gasteiger partial charge in [0.2, 0.25) is 0 Å². The van der Waals surface area contributed by atoms with Crippen LogP contribution in [0.15, 0.2) is 71.9 Å². The zero-order chi connectivity index (χ0) is 16.1. The van der Waals surface area contributed by atoms with Crippen molar-refractivity contribution in [2.75, 3.05) is 7.11 Å². The Labute approximate surface area is 135 Å². The van der Waals surface area contributed by atoms with E-state index in [1.807, 2.05) is 84.7 Å². The minimum absolute atomic E-state index is 0.740. The smallest absolute Gasteiger partial charge is 0.131 e. The second-order valence-corrected chi connectivity index (χ2v) is 5.08. The summed E-state index contributed by atoms with van der Waals surface area (Å²) >= 11 is 0. The van der Waals surface area contributed by atoms with Crippen LogP contribution in [0.3, 0.4) is 0 Å². The first kappa shape index (κ1) is 14.9. The molecule has 0 unspecified atom stereocenters. The number of ether oxygens (including phenoxy) is 2. The summed E-state index contributed by atoms with van der Waals surface area (Å²) in [6.07, 6.45) is 3.84. The third kappa shape index (κ3) is 3.80. The van der Waals surface area contributed by atoms with Crippen molar-refractivity contribution in [3.63, 3.8) is 0 Å². The van der Waals surface area contributed by atoms with Gasteiger partial charge in [-0.25, -0.2) is 0 Å². The average Bonchev–Trinajstić information content (AvgIpc) is 2.99. The molecule has 3 rings (SSSR count). The summed E-state index contributed by atoms with van der Waals surface area (Å²) in [6.45, 7) is 0. The SMILES string of the molecule is COc1cccc(Oc2ccc(N=Cc3cccn3C)cc2)c1. The van der Waals surface area contributed by atoms with Gasteiger partial charge in [-0.2, -0.15) is 0 Å². The highest BCUT2D eigenvalue weighted by atomic mass is 16.5. The molecule has 0 saturated carbocycles. The van der Waals surface area contributed by atoms with Crippen LogP contribution in [-0.4, -0.2) is 17.9 Å². The lowest BCUT2D eigenvalue weighted by molar-refractivity contribution is 0.409. The van der Waals surface area contributed by atoms with E-state index in [0.29, 0.717) is 0 Å². The van der Waals surface area contributed by atoms with Crippen LogP contribution in [0, 0.1) is 0 Å². The van der Waals surface area contributed by atoms with Gasteiger partial charge < -0.3 is 14.0 Å². The third-order valence-corrected chi connectivity index (χ3v) is 3.44. The molecule has 1 aromatic heterocycles. The summed E-state index contributed by atoms with van der Waals surface area (Å²) in [5.41, 5.74) is 1.94. The Kier molecular flexibility index (Phi) is 4.43. The summed E-state index contributed by atoms with van der Waals surface area (Å²) in [6, 6.07) is 19.2. The quantitative estimate of drug-likeness (QED) is 0.647. The number of aromatic nitrogens is 1. The Bertz CT molecular complexity index is 804. The number of nitrogens with zero attached hydrogens (tertiary/aromatic N) is 2. The van der Waals surface area contributed by atoms with Crippen molar-refractivity contribution in [1.82, 2.24) is 4.57 Å². The van der Waals surface area contributed by atoms with Crippen molar-refractivity contribution in [2.24, 2.45) is 12.0 Å². The molecule has 23 heavy (non-hydrogen) atoms. The van der Waals surface area contributed by atoms with Crippen molar-refractivity contribution in [3.8, 4) is 17.2 Å². The Balaban J connectivity index is 1.69. The first-order valence-corrected chi connectivity index (χ1v) is 7.32. The monoisotopic (exact) mass is 306 g/mol. The molecule has 0 fully saturated rings. The molecule has 0 spiro atoms. The van der Waals surface area contributed by atoms with Crippen LogP contribution in [0.1, 0.15) is 5.69 Å². The molecule has 116 valence electrons. The van der Waals surface area contributed by atoms with Crippen molar-refractivity contribution in [1.29, 1.82) is 0 Å². The van der Waals surface area contributed by atoms with Crippen LogP contribution in [0.25, 0.3) is 0 Å². The van der Waals surface area contributed by atoms with E-state index in [1.165, 1.54) is 0 Å². The molecule has 1 heterocycles. The zero-order valence-electron chi connectivity index (χ0n) is 13.1. The van der Waals surface area contributed by atoms with E-state index in [9.17, 15) is 0 Å². The molecular formula is C19H18N2O2. The molecule has 2 aromatic carbocycles. The van der Waals surface area contributed by atoms with Crippen LogP contribution < -0.4 is 9.47 Å². The maximum atomic E-state index is 5.81. The predicted octanol–water partition coefficient (Wildman–Crippen LogP) is 4.58. The Morgan fingerprint density at radius 3 is 2.39 bits per heavy atom. The molecule has 0 aliphatic rings. The van der Waals surface area contributed by atoms with Crippen LogP contribution in [0.5, 0.6) is 17.2 Å². The minimum atomic E-state index is 0.740. The summed E-state index contributed by atoms with van der Waals surface area (Å²) in [7, 11) is 3.63. The Morgan fingerprint density at radius 1 is 0.913 bits per heavy atom. The summed E-state index contributed by atoms with van der Waals surface area (Å²) in [4.78, 5) is 4.46. The number of methoxy groups -OCH3 is 1. The molecule has 3 aromatic rings. The van der Waals surface area contributed by atoms with E-state index in [-0.39, 0.29) is 0 Å². The van der Waals surface area contributed by atoms with Crippen LogP contribution in [0.4, 0.5) is 5.69 Å². The number of aliphatic imine (C=N–C) groups is 1. The van der Waals surface area contributed by atoms with Crippen LogP contribution in [-0.2, 0) is 7.05 Å². The van der Waals surface area contributed by atoms with E-state index >= 15 is 0 Å². The number of aryl methyl sites for hydroxylation is 1. The lowest BCUT2D eigenvalue weighted by Gasteiger charge is -2.07. The molecular weight excluding hydrogens is 288 g/mol. The maximum absolute atomic E-state index is 5.81. The molecule has 4 nitrogen and oxygen atoms in total. The predicted molar refractivity (Wildman–Crippen MR) is 92.2 cm³/mol. The van der Waals surface area contributed by atoms with E-state index in [1.54, 1.807) is 7.11 Å². The zero-order valence-corrected chi connectivity index (χ0v) is 13.1. The van der Waals surface area contributed by atoms with Gasteiger partial charge in [0.1, 0.15) is 17.2 Å². The van der Waals surface area contributed by atoms with E-state index in [2.05, 4.69) is 4.99 Å². The minimum Gasteiger partial charge on any atom is -0.497 e. The number of hydrogen-bond donors (Lipinski definition) is 0. The second kappa shape index (κ2) is 6.83. The van der Waals surface area contributed by atoms with Gasteiger partial charge in [0, 0.05) is 19.3 Å². The van der Waals surface area contributed by atoms with Gasteiger partial charge in [-0.15, -0.1) is 0 Å². The average molecular weight is 306 g/mol. The second-order valence-electron chi connectivity index (χ2n) is 5.08. The number of rotatable bonds is 5. The summed E-state index contributed by atoms with van der Waals surface area (Å²) in [5, 5.41) is 0. The maximum Gasteiger partial charge on any atom is 0.131 e. The molecule has 0 aliphatic heterocycles.